The second-order valence-corrected chi connectivity index (χ2v) is 3.05. The Morgan fingerprint density at radius 3 is 3.08 bits per heavy atom. The van der Waals surface area contributed by atoms with Gasteiger partial charge in [0, 0.05) is 25.2 Å². The summed E-state index contributed by atoms with van der Waals surface area (Å²) in [4.78, 5) is 4.32. The van der Waals surface area contributed by atoms with Gasteiger partial charge in [-0.15, -0.1) is 0 Å². The molecule has 2 aromatic heterocycles. The highest BCUT2D eigenvalue weighted by Gasteiger charge is 2.00. The van der Waals surface area contributed by atoms with Crippen LogP contribution >= 0.6 is 0 Å². The molecular formula is C9H12N4. The highest BCUT2D eigenvalue weighted by Crippen LogP contribution is 2.11. The first-order chi connectivity index (χ1) is 6.31. The zero-order valence-corrected chi connectivity index (χ0v) is 7.78. The molecule has 0 fully saturated rings. The first kappa shape index (κ1) is 8.19. The van der Waals surface area contributed by atoms with Gasteiger partial charge in [0.2, 0.25) is 0 Å². The van der Waals surface area contributed by atoms with Crippen molar-refractivity contribution in [1.29, 1.82) is 0 Å². The molecule has 1 N–H and O–H groups in total. The number of nitrogens with one attached hydrogen (secondary N) is 1. The van der Waals surface area contributed by atoms with Gasteiger partial charge < -0.3 is 5.32 Å². The molecule has 0 spiro atoms. The van der Waals surface area contributed by atoms with E-state index in [1.54, 1.807) is 4.68 Å². The summed E-state index contributed by atoms with van der Waals surface area (Å²) in [6, 6.07) is 2.10. The van der Waals surface area contributed by atoms with E-state index >= 15 is 0 Å². The summed E-state index contributed by atoms with van der Waals surface area (Å²) in [6.45, 7) is 0.845. The van der Waals surface area contributed by atoms with E-state index in [2.05, 4.69) is 21.5 Å². The maximum atomic E-state index is 4.32. The van der Waals surface area contributed by atoms with Crippen molar-refractivity contribution >= 4 is 11.0 Å². The van der Waals surface area contributed by atoms with Crippen LogP contribution in [0, 0.1) is 0 Å². The number of fused-ring (bicyclic) bond motifs is 1. The molecule has 0 bridgehead atoms. The molecule has 2 rings (SSSR count). The van der Waals surface area contributed by atoms with E-state index in [1.807, 2.05) is 26.5 Å². The highest BCUT2D eigenvalue weighted by atomic mass is 15.3. The van der Waals surface area contributed by atoms with Crippen molar-refractivity contribution in [3.8, 4) is 0 Å². The predicted octanol–water partition coefficient (Wildman–Crippen LogP) is 0.688. The summed E-state index contributed by atoms with van der Waals surface area (Å²) in [5.41, 5.74) is 2.11. The van der Waals surface area contributed by atoms with Gasteiger partial charge >= 0.3 is 0 Å². The first-order valence-corrected chi connectivity index (χ1v) is 4.22. The van der Waals surface area contributed by atoms with E-state index in [1.165, 1.54) is 5.56 Å². The Bertz CT molecular complexity index is 418. The number of aryl methyl sites for hydroxylation is 1. The van der Waals surface area contributed by atoms with Gasteiger partial charge in [0.1, 0.15) is 0 Å². The molecular weight excluding hydrogens is 164 g/mol. The van der Waals surface area contributed by atoms with E-state index in [-0.39, 0.29) is 0 Å². The summed E-state index contributed by atoms with van der Waals surface area (Å²) in [5, 5.41) is 8.31. The first-order valence-electron chi connectivity index (χ1n) is 4.22. The Morgan fingerprint density at radius 2 is 2.31 bits per heavy atom. The van der Waals surface area contributed by atoms with Gasteiger partial charge in [-0.05, 0) is 18.7 Å². The Morgan fingerprint density at radius 1 is 1.46 bits per heavy atom. The number of pyridine rings is 1. The summed E-state index contributed by atoms with van der Waals surface area (Å²) in [6.07, 6.45) is 3.71. The van der Waals surface area contributed by atoms with Crippen molar-refractivity contribution in [2.24, 2.45) is 7.05 Å². The Balaban J connectivity index is 2.50. The number of hydrogen-bond acceptors (Lipinski definition) is 3. The van der Waals surface area contributed by atoms with Crippen molar-refractivity contribution in [1.82, 2.24) is 20.1 Å². The molecule has 13 heavy (non-hydrogen) atoms. The summed E-state index contributed by atoms with van der Waals surface area (Å²) in [5.74, 6) is 0. The van der Waals surface area contributed by atoms with E-state index in [4.69, 9.17) is 0 Å². The zero-order valence-electron chi connectivity index (χ0n) is 7.78. The number of nitrogens with zero attached hydrogens (tertiary/aromatic N) is 3. The van der Waals surface area contributed by atoms with Crippen molar-refractivity contribution in [2.45, 2.75) is 6.54 Å². The van der Waals surface area contributed by atoms with E-state index in [9.17, 15) is 0 Å². The molecule has 4 nitrogen and oxygen atoms in total. The van der Waals surface area contributed by atoms with Crippen LogP contribution in [0.2, 0.25) is 0 Å². The molecule has 0 aromatic carbocycles. The molecule has 0 atom stereocenters. The van der Waals surface area contributed by atoms with Gasteiger partial charge in [-0.3, -0.25) is 4.68 Å². The third-order valence-corrected chi connectivity index (χ3v) is 2.01. The molecule has 2 aromatic rings. The lowest BCUT2D eigenvalue weighted by molar-refractivity contribution is 0.783. The fraction of sp³-hybridized carbons (Fsp3) is 0.333. The van der Waals surface area contributed by atoms with Crippen LogP contribution in [0.15, 0.2) is 18.5 Å². The SMILES string of the molecule is CNCc1cnc2c(cnn2C)c1. The third-order valence-electron chi connectivity index (χ3n) is 2.01. The van der Waals surface area contributed by atoms with Crippen LogP contribution in [0.4, 0.5) is 0 Å². The zero-order chi connectivity index (χ0) is 9.26. The minimum absolute atomic E-state index is 0.845. The topological polar surface area (TPSA) is 42.7 Å². The molecule has 0 radical (unpaired) electrons. The van der Waals surface area contributed by atoms with Gasteiger partial charge in [0.15, 0.2) is 5.65 Å². The molecule has 0 unspecified atom stereocenters. The Labute approximate surface area is 76.6 Å². The Kier molecular flexibility index (Phi) is 1.98. The molecule has 0 saturated carbocycles. The summed E-state index contributed by atoms with van der Waals surface area (Å²) in [7, 11) is 3.82. The second kappa shape index (κ2) is 3.14. The smallest absolute Gasteiger partial charge is 0.157 e. The normalized spacial score (nSPS) is 10.9. The lowest BCUT2D eigenvalue weighted by Gasteiger charge is -1.99. The number of aromatic nitrogens is 3. The average molecular weight is 176 g/mol. The van der Waals surface area contributed by atoms with Crippen LogP contribution in [0.5, 0.6) is 0 Å². The number of rotatable bonds is 2. The highest BCUT2D eigenvalue weighted by molar-refractivity contribution is 5.74. The van der Waals surface area contributed by atoms with Crippen LogP contribution < -0.4 is 5.32 Å². The molecule has 4 heteroatoms. The summed E-state index contributed by atoms with van der Waals surface area (Å²) < 4.78 is 1.78. The van der Waals surface area contributed by atoms with E-state index in [0.29, 0.717) is 0 Å². The van der Waals surface area contributed by atoms with Crippen molar-refractivity contribution in [3.05, 3.63) is 24.0 Å². The van der Waals surface area contributed by atoms with E-state index in [0.717, 1.165) is 17.6 Å². The van der Waals surface area contributed by atoms with Crippen molar-refractivity contribution in [2.75, 3.05) is 7.05 Å². The fourth-order valence-corrected chi connectivity index (χ4v) is 1.39. The standard InChI is InChI=1S/C9H12N4/c1-10-4-7-3-8-6-12-13(2)9(8)11-5-7/h3,5-6,10H,4H2,1-2H3. The molecule has 0 saturated heterocycles. The van der Waals surface area contributed by atoms with Crippen LogP contribution in [0.25, 0.3) is 11.0 Å². The van der Waals surface area contributed by atoms with Gasteiger partial charge in [0.25, 0.3) is 0 Å². The average Bonchev–Trinajstić information content (AvgIpc) is 2.48. The van der Waals surface area contributed by atoms with Crippen molar-refractivity contribution in [3.63, 3.8) is 0 Å². The lowest BCUT2D eigenvalue weighted by Crippen LogP contribution is -2.05. The van der Waals surface area contributed by atoms with Crippen LogP contribution in [0.1, 0.15) is 5.56 Å². The number of hydrogen-bond donors (Lipinski definition) is 1. The molecule has 0 aliphatic carbocycles. The van der Waals surface area contributed by atoms with E-state index < -0.39 is 0 Å². The van der Waals surface area contributed by atoms with Gasteiger partial charge in [-0.1, -0.05) is 0 Å². The fourth-order valence-electron chi connectivity index (χ4n) is 1.39. The van der Waals surface area contributed by atoms with Crippen LogP contribution in [-0.4, -0.2) is 21.8 Å². The molecule has 2 heterocycles. The predicted molar refractivity (Wildman–Crippen MR) is 51.3 cm³/mol. The minimum atomic E-state index is 0.845. The summed E-state index contributed by atoms with van der Waals surface area (Å²) >= 11 is 0. The van der Waals surface area contributed by atoms with Crippen LogP contribution in [-0.2, 0) is 13.6 Å². The lowest BCUT2D eigenvalue weighted by atomic mass is 10.2. The molecule has 0 amide bonds. The Hall–Kier alpha value is -1.42. The second-order valence-electron chi connectivity index (χ2n) is 3.05. The van der Waals surface area contributed by atoms with Gasteiger partial charge in [-0.25, -0.2) is 4.98 Å². The van der Waals surface area contributed by atoms with Crippen molar-refractivity contribution < 1.29 is 0 Å². The maximum Gasteiger partial charge on any atom is 0.157 e. The quantitative estimate of drug-likeness (QED) is 0.732. The van der Waals surface area contributed by atoms with Gasteiger partial charge in [-0.2, -0.15) is 5.10 Å². The monoisotopic (exact) mass is 176 g/mol. The largest absolute Gasteiger partial charge is 0.316 e. The molecule has 0 aliphatic heterocycles. The third kappa shape index (κ3) is 1.40. The molecule has 0 aliphatic rings. The minimum Gasteiger partial charge on any atom is -0.316 e. The molecule has 68 valence electrons. The van der Waals surface area contributed by atoms with Crippen LogP contribution in [0.3, 0.4) is 0 Å². The van der Waals surface area contributed by atoms with Gasteiger partial charge in [0.05, 0.1) is 6.20 Å². The maximum absolute atomic E-state index is 4.32.